The van der Waals surface area contributed by atoms with Crippen LogP contribution in [0.5, 0.6) is 0 Å². The van der Waals surface area contributed by atoms with Gasteiger partial charge in [0.2, 0.25) is 11.8 Å². The Morgan fingerprint density at radius 2 is 1.96 bits per heavy atom. The van der Waals surface area contributed by atoms with Crippen molar-refractivity contribution in [3.63, 3.8) is 0 Å². The minimum Gasteiger partial charge on any atom is -0.327 e. The quantitative estimate of drug-likeness (QED) is 0.734. The van der Waals surface area contributed by atoms with Crippen LogP contribution in [-0.2, 0) is 9.59 Å². The molecule has 4 N–H and O–H groups in total. The van der Waals surface area contributed by atoms with Crippen molar-refractivity contribution in [1.29, 1.82) is 0 Å². The molecule has 1 aliphatic heterocycles. The fourth-order valence-electron chi connectivity index (χ4n) is 4.41. The maximum absolute atomic E-state index is 12.7. The van der Waals surface area contributed by atoms with Crippen LogP contribution in [0.4, 0.5) is 11.4 Å². The van der Waals surface area contributed by atoms with Gasteiger partial charge in [0.15, 0.2) is 0 Å². The number of carbonyl (C=O) groups excluding carboxylic acids is 2. The van der Waals surface area contributed by atoms with Gasteiger partial charge in [0.05, 0.1) is 11.4 Å². The Morgan fingerprint density at radius 1 is 1.24 bits per heavy atom. The zero-order valence-electron chi connectivity index (χ0n) is 14.0. The van der Waals surface area contributed by atoms with E-state index in [1.54, 1.807) is 0 Å². The number of carbonyl (C=O) groups is 2. The number of nitrogens with two attached hydrogens (primary N) is 1. The van der Waals surface area contributed by atoms with Crippen molar-refractivity contribution in [1.82, 2.24) is 0 Å². The van der Waals surface area contributed by atoms with E-state index in [1.165, 1.54) is 18.2 Å². The van der Waals surface area contributed by atoms with E-state index in [0.29, 0.717) is 17.6 Å². The van der Waals surface area contributed by atoms with E-state index >= 15 is 0 Å². The number of amides is 2. The average molecular weight is 382 g/mol. The van der Waals surface area contributed by atoms with E-state index in [4.69, 9.17) is 5.73 Å². The van der Waals surface area contributed by atoms with Crippen LogP contribution in [0.25, 0.3) is 0 Å². The van der Waals surface area contributed by atoms with Crippen molar-refractivity contribution >= 4 is 47.4 Å². The largest absolute Gasteiger partial charge is 0.327 e. The SMILES string of the molecule is Cl.NC1C2CCCC1CC(C(=O)Nc1ccc3c(c1)NC(=O)CS3)C2. The number of hydrogen-bond acceptors (Lipinski definition) is 4. The van der Waals surface area contributed by atoms with Gasteiger partial charge in [0, 0.05) is 22.5 Å². The molecule has 4 rings (SSSR count). The summed E-state index contributed by atoms with van der Waals surface area (Å²) in [5.41, 5.74) is 7.85. The molecule has 25 heavy (non-hydrogen) atoms. The van der Waals surface area contributed by atoms with Gasteiger partial charge in [-0.05, 0) is 55.7 Å². The summed E-state index contributed by atoms with van der Waals surface area (Å²) in [4.78, 5) is 25.3. The van der Waals surface area contributed by atoms with Crippen LogP contribution >= 0.6 is 24.2 Å². The molecular weight excluding hydrogens is 358 g/mol. The van der Waals surface area contributed by atoms with Crippen LogP contribution in [0.3, 0.4) is 0 Å². The van der Waals surface area contributed by atoms with Crippen molar-refractivity contribution < 1.29 is 9.59 Å². The molecule has 0 aromatic heterocycles. The number of rotatable bonds is 2. The van der Waals surface area contributed by atoms with Crippen molar-refractivity contribution in [2.45, 2.75) is 43.0 Å². The summed E-state index contributed by atoms with van der Waals surface area (Å²) in [6, 6.07) is 6.00. The lowest BCUT2D eigenvalue weighted by Crippen LogP contribution is -2.48. The topological polar surface area (TPSA) is 84.2 Å². The number of benzene rings is 1. The highest BCUT2D eigenvalue weighted by molar-refractivity contribution is 8.00. The molecule has 0 radical (unpaired) electrons. The first-order valence-electron chi connectivity index (χ1n) is 8.73. The molecule has 3 aliphatic rings. The molecule has 0 spiro atoms. The summed E-state index contributed by atoms with van der Waals surface area (Å²) in [5, 5.41) is 5.90. The maximum Gasteiger partial charge on any atom is 0.234 e. The first-order chi connectivity index (χ1) is 11.6. The first kappa shape index (κ1) is 18.5. The van der Waals surface area contributed by atoms with Gasteiger partial charge in [-0.1, -0.05) is 6.42 Å². The Kier molecular flexibility index (Phi) is 5.61. The van der Waals surface area contributed by atoms with Gasteiger partial charge in [-0.15, -0.1) is 24.2 Å². The van der Waals surface area contributed by atoms with E-state index in [0.717, 1.165) is 42.0 Å². The Bertz CT molecular complexity index is 670. The highest BCUT2D eigenvalue weighted by atomic mass is 35.5. The second-order valence-electron chi connectivity index (χ2n) is 7.23. The molecule has 1 aromatic carbocycles. The average Bonchev–Trinajstić information content (AvgIpc) is 2.54. The summed E-state index contributed by atoms with van der Waals surface area (Å²) in [6.07, 6.45) is 5.37. The highest BCUT2D eigenvalue weighted by Crippen LogP contribution is 2.42. The lowest BCUT2D eigenvalue weighted by atomic mass is 9.65. The smallest absolute Gasteiger partial charge is 0.234 e. The van der Waals surface area contributed by atoms with E-state index in [9.17, 15) is 9.59 Å². The number of anilines is 2. The number of thioether (sulfide) groups is 1. The molecule has 2 aliphatic carbocycles. The second-order valence-corrected chi connectivity index (χ2v) is 8.25. The van der Waals surface area contributed by atoms with Crippen molar-refractivity contribution in [2.75, 3.05) is 16.4 Å². The second kappa shape index (κ2) is 7.56. The van der Waals surface area contributed by atoms with E-state index in [1.807, 2.05) is 18.2 Å². The van der Waals surface area contributed by atoms with E-state index < -0.39 is 0 Å². The summed E-state index contributed by atoms with van der Waals surface area (Å²) in [5.74, 6) is 1.59. The number of fused-ring (bicyclic) bond motifs is 3. The fourth-order valence-corrected chi connectivity index (χ4v) is 5.20. The molecule has 2 fully saturated rings. The third kappa shape index (κ3) is 3.81. The Hall–Kier alpha value is -1.24. The van der Waals surface area contributed by atoms with Crippen LogP contribution in [-0.4, -0.2) is 23.6 Å². The predicted molar refractivity (Wildman–Crippen MR) is 103 cm³/mol. The van der Waals surface area contributed by atoms with Gasteiger partial charge in [0.1, 0.15) is 0 Å². The zero-order valence-corrected chi connectivity index (χ0v) is 15.6. The third-order valence-corrected chi connectivity index (χ3v) is 6.74. The van der Waals surface area contributed by atoms with Gasteiger partial charge in [-0.2, -0.15) is 0 Å². The van der Waals surface area contributed by atoms with Crippen molar-refractivity contribution in [3.8, 4) is 0 Å². The van der Waals surface area contributed by atoms with Gasteiger partial charge in [-0.3, -0.25) is 9.59 Å². The van der Waals surface area contributed by atoms with Crippen LogP contribution in [0.1, 0.15) is 32.1 Å². The fraction of sp³-hybridized carbons (Fsp3) is 0.556. The molecule has 7 heteroatoms. The molecule has 5 nitrogen and oxygen atoms in total. The summed E-state index contributed by atoms with van der Waals surface area (Å²) >= 11 is 1.53. The minimum absolute atomic E-state index is 0. The number of halogens is 1. The molecule has 0 saturated heterocycles. The van der Waals surface area contributed by atoms with Crippen LogP contribution < -0.4 is 16.4 Å². The molecule has 136 valence electrons. The van der Waals surface area contributed by atoms with Crippen LogP contribution in [0.15, 0.2) is 23.1 Å². The molecule has 2 amide bonds. The van der Waals surface area contributed by atoms with Crippen LogP contribution in [0.2, 0.25) is 0 Å². The normalized spacial score (nSPS) is 30.5. The monoisotopic (exact) mass is 381 g/mol. The Morgan fingerprint density at radius 3 is 2.68 bits per heavy atom. The maximum atomic E-state index is 12.7. The molecular formula is C18H24ClN3O2S. The standard InChI is InChI=1S/C18H23N3O2S.ClH/c19-17-10-2-1-3-11(17)7-12(6-10)18(23)20-13-4-5-15-14(8-13)21-16(22)9-24-15;/h4-5,8,10-12,17H,1-3,6-7,9,19H2,(H,20,23)(H,21,22);1H. The Labute approximate surface area is 158 Å². The predicted octanol–water partition coefficient (Wildman–Crippen LogP) is 3.24. The first-order valence-corrected chi connectivity index (χ1v) is 9.72. The third-order valence-electron chi connectivity index (χ3n) is 5.66. The van der Waals surface area contributed by atoms with Crippen molar-refractivity contribution in [3.05, 3.63) is 18.2 Å². The lowest BCUT2D eigenvalue weighted by molar-refractivity contribution is -0.122. The molecule has 1 heterocycles. The molecule has 2 atom stereocenters. The molecule has 1 aromatic rings. The molecule has 2 bridgehead atoms. The lowest BCUT2D eigenvalue weighted by Gasteiger charge is -2.43. The van der Waals surface area contributed by atoms with Crippen LogP contribution in [0, 0.1) is 17.8 Å². The van der Waals surface area contributed by atoms with Gasteiger partial charge >= 0.3 is 0 Å². The molecule has 2 saturated carbocycles. The van der Waals surface area contributed by atoms with Crippen molar-refractivity contribution in [2.24, 2.45) is 23.5 Å². The number of hydrogen-bond donors (Lipinski definition) is 3. The van der Waals surface area contributed by atoms with E-state index in [2.05, 4.69) is 10.6 Å². The van der Waals surface area contributed by atoms with Gasteiger partial charge in [0.25, 0.3) is 0 Å². The summed E-state index contributed by atoms with van der Waals surface area (Å²) in [6.45, 7) is 0. The zero-order chi connectivity index (χ0) is 16.7. The van der Waals surface area contributed by atoms with Gasteiger partial charge in [-0.25, -0.2) is 0 Å². The summed E-state index contributed by atoms with van der Waals surface area (Å²) < 4.78 is 0. The summed E-state index contributed by atoms with van der Waals surface area (Å²) in [7, 11) is 0. The highest BCUT2D eigenvalue weighted by Gasteiger charge is 2.40. The molecule has 2 unspecified atom stereocenters. The van der Waals surface area contributed by atoms with E-state index in [-0.39, 0.29) is 36.2 Å². The number of nitrogens with one attached hydrogen (secondary N) is 2. The van der Waals surface area contributed by atoms with Gasteiger partial charge < -0.3 is 16.4 Å². The Balaban J connectivity index is 0.00000182. The minimum atomic E-state index is 0.